The lowest BCUT2D eigenvalue weighted by molar-refractivity contribution is -0.121. The van der Waals surface area contributed by atoms with Crippen molar-refractivity contribution < 1.29 is 14.3 Å². The van der Waals surface area contributed by atoms with E-state index in [1.54, 1.807) is 11.3 Å². The first-order valence-corrected chi connectivity index (χ1v) is 10.8. The van der Waals surface area contributed by atoms with E-state index in [1.807, 2.05) is 42.6 Å². The van der Waals surface area contributed by atoms with Crippen LogP contribution in [0, 0.1) is 0 Å². The van der Waals surface area contributed by atoms with Crippen LogP contribution < -0.4 is 20.3 Å². The fraction of sp³-hybridized carbons (Fsp3) is 0.429. The van der Waals surface area contributed by atoms with E-state index in [0.717, 1.165) is 44.0 Å². The van der Waals surface area contributed by atoms with Crippen LogP contribution in [0.4, 0.5) is 10.5 Å². The highest BCUT2D eigenvalue weighted by molar-refractivity contribution is 7.09. The van der Waals surface area contributed by atoms with Crippen LogP contribution >= 0.6 is 11.3 Å². The van der Waals surface area contributed by atoms with Crippen LogP contribution in [-0.4, -0.2) is 62.7 Å². The normalized spacial score (nSPS) is 14.4. The van der Waals surface area contributed by atoms with E-state index in [9.17, 15) is 9.59 Å². The van der Waals surface area contributed by atoms with Crippen molar-refractivity contribution in [2.45, 2.75) is 13.3 Å². The SMILES string of the molecule is CCOc1ccccc1N1CCN(CC(=O)NC(=O)NCCc2cccs2)CC1. The van der Waals surface area contributed by atoms with E-state index in [-0.39, 0.29) is 12.5 Å². The number of anilines is 1. The number of thiophene rings is 1. The summed E-state index contributed by atoms with van der Waals surface area (Å²) in [6.07, 6.45) is 0.768. The van der Waals surface area contributed by atoms with Crippen molar-refractivity contribution in [2.24, 2.45) is 0 Å². The summed E-state index contributed by atoms with van der Waals surface area (Å²) in [4.78, 5) is 29.6. The maximum atomic E-state index is 12.2. The molecule has 0 bridgehead atoms. The van der Waals surface area contributed by atoms with Gasteiger partial charge in [-0.1, -0.05) is 18.2 Å². The molecule has 1 aromatic heterocycles. The third-order valence-electron chi connectivity index (χ3n) is 4.74. The Labute approximate surface area is 175 Å². The molecule has 156 valence electrons. The van der Waals surface area contributed by atoms with Crippen molar-refractivity contribution in [3.05, 3.63) is 46.7 Å². The van der Waals surface area contributed by atoms with E-state index in [2.05, 4.69) is 26.5 Å². The molecule has 8 heteroatoms. The van der Waals surface area contributed by atoms with Crippen LogP contribution in [0.25, 0.3) is 0 Å². The average molecular weight is 417 g/mol. The van der Waals surface area contributed by atoms with Crippen molar-refractivity contribution in [1.29, 1.82) is 0 Å². The highest BCUT2D eigenvalue weighted by Crippen LogP contribution is 2.28. The van der Waals surface area contributed by atoms with E-state index in [1.165, 1.54) is 4.88 Å². The molecule has 2 N–H and O–H groups in total. The maximum absolute atomic E-state index is 12.2. The quantitative estimate of drug-likeness (QED) is 0.691. The molecule has 0 aliphatic carbocycles. The number of nitrogens with one attached hydrogen (secondary N) is 2. The predicted octanol–water partition coefficient (Wildman–Crippen LogP) is 2.34. The van der Waals surface area contributed by atoms with Gasteiger partial charge in [-0.25, -0.2) is 4.79 Å². The molecule has 1 aliphatic heterocycles. The number of nitrogens with zero attached hydrogens (tertiary/aromatic N) is 2. The van der Waals surface area contributed by atoms with Gasteiger partial charge in [0.25, 0.3) is 0 Å². The summed E-state index contributed by atoms with van der Waals surface area (Å²) >= 11 is 1.66. The van der Waals surface area contributed by atoms with Gasteiger partial charge in [0.1, 0.15) is 5.75 Å². The Morgan fingerprint density at radius 2 is 1.90 bits per heavy atom. The fourth-order valence-corrected chi connectivity index (χ4v) is 4.02. The molecular weight excluding hydrogens is 388 g/mol. The topological polar surface area (TPSA) is 73.9 Å². The summed E-state index contributed by atoms with van der Waals surface area (Å²) in [5.74, 6) is 0.613. The third-order valence-corrected chi connectivity index (χ3v) is 5.67. The van der Waals surface area contributed by atoms with Crippen LogP contribution in [0.3, 0.4) is 0 Å². The number of carbonyl (C=O) groups is 2. The Morgan fingerprint density at radius 3 is 2.62 bits per heavy atom. The first-order chi connectivity index (χ1) is 14.2. The second kappa shape index (κ2) is 10.8. The van der Waals surface area contributed by atoms with Gasteiger partial charge >= 0.3 is 6.03 Å². The van der Waals surface area contributed by atoms with Crippen molar-refractivity contribution in [3.8, 4) is 5.75 Å². The number of hydrogen-bond acceptors (Lipinski definition) is 6. The van der Waals surface area contributed by atoms with Crippen LogP contribution in [-0.2, 0) is 11.2 Å². The molecule has 0 atom stereocenters. The van der Waals surface area contributed by atoms with Crippen LogP contribution in [0.15, 0.2) is 41.8 Å². The van der Waals surface area contributed by atoms with E-state index in [0.29, 0.717) is 13.2 Å². The Morgan fingerprint density at radius 1 is 1.10 bits per heavy atom. The molecule has 2 aromatic rings. The molecule has 2 heterocycles. The van der Waals surface area contributed by atoms with E-state index < -0.39 is 6.03 Å². The Balaban J connectivity index is 1.37. The first-order valence-electron chi connectivity index (χ1n) is 9.95. The van der Waals surface area contributed by atoms with Gasteiger partial charge in [0.05, 0.1) is 18.8 Å². The number of ether oxygens (including phenoxy) is 1. The smallest absolute Gasteiger partial charge is 0.321 e. The van der Waals surface area contributed by atoms with Gasteiger partial charge in [0.2, 0.25) is 5.91 Å². The minimum absolute atomic E-state index is 0.222. The first kappa shape index (κ1) is 21.1. The number of piperazine rings is 1. The summed E-state index contributed by atoms with van der Waals surface area (Å²) in [5.41, 5.74) is 1.09. The zero-order valence-electron chi connectivity index (χ0n) is 16.7. The fourth-order valence-electron chi connectivity index (χ4n) is 3.31. The second-order valence-corrected chi connectivity index (χ2v) is 7.83. The minimum Gasteiger partial charge on any atom is -0.492 e. The Hall–Kier alpha value is -2.58. The second-order valence-electron chi connectivity index (χ2n) is 6.80. The van der Waals surface area contributed by atoms with Crippen LogP contribution in [0.2, 0.25) is 0 Å². The number of imide groups is 1. The van der Waals surface area contributed by atoms with Gasteiger partial charge in [-0.15, -0.1) is 11.3 Å². The number of hydrogen-bond donors (Lipinski definition) is 2. The molecule has 0 radical (unpaired) electrons. The molecule has 3 amide bonds. The van der Waals surface area contributed by atoms with Gasteiger partial charge in [-0.2, -0.15) is 0 Å². The Bertz CT molecular complexity index is 789. The Kier molecular flexibility index (Phi) is 7.89. The molecular formula is C21H28N4O3S. The van der Waals surface area contributed by atoms with Crippen LogP contribution in [0.5, 0.6) is 5.75 Å². The molecule has 1 aromatic carbocycles. The van der Waals surface area contributed by atoms with E-state index >= 15 is 0 Å². The lowest BCUT2D eigenvalue weighted by atomic mass is 10.2. The number of amides is 3. The third kappa shape index (κ3) is 6.47. The van der Waals surface area contributed by atoms with Gasteiger partial charge in [-0.3, -0.25) is 15.0 Å². The summed E-state index contributed by atoms with van der Waals surface area (Å²) in [5, 5.41) is 7.15. The van der Waals surface area contributed by atoms with E-state index in [4.69, 9.17) is 4.74 Å². The molecule has 1 aliphatic rings. The maximum Gasteiger partial charge on any atom is 0.321 e. The lowest BCUT2D eigenvalue weighted by Crippen LogP contribution is -2.51. The molecule has 0 saturated carbocycles. The molecule has 29 heavy (non-hydrogen) atoms. The van der Waals surface area contributed by atoms with Gasteiger partial charge < -0.3 is 15.0 Å². The summed E-state index contributed by atoms with van der Waals surface area (Å²) in [6.45, 7) is 6.48. The predicted molar refractivity (Wildman–Crippen MR) is 116 cm³/mol. The number of rotatable bonds is 8. The zero-order valence-corrected chi connectivity index (χ0v) is 17.5. The van der Waals surface area contributed by atoms with Gasteiger partial charge in [0.15, 0.2) is 0 Å². The van der Waals surface area contributed by atoms with Gasteiger partial charge in [-0.05, 0) is 36.9 Å². The number of benzene rings is 1. The van der Waals surface area contributed by atoms with Crippen LogP contribution in [0.1, 0.15) is 11.8 Å². The zero-order chi connectivity index (χ0) is 20.5. The number of carbonyl (C=O) groups excluding carboxylic acids is 2. The summed E-state index contributed by atoms with van der Waals surface area (Å²) in [6, 6.07) is 11.6. The highest BCUT2D eigenvalue weighted by Gasteiger charge is 2.21. The lowest BCUT2D eigenvalue weighted by Gasteiger charge is -2.36. The van der Waals surface area contributed by atoms with Crippen molar-refractivity contribution >= 4 is 29.0 Å². The molecule has 0 spiro atoms. The molecule has 7 nitrogen and oxygen atoms in total. The molecule has 3 rings (SSSR count). The van der Waals surface area contributed by atoms with Crippen molar-refractivity contribution in [2.75, 3.05) is 50.8 Å². The summed E-state index contributed by atoms with van der Waals surface area (Å²) < 4.78 is 5.72. The molecule has 0 unspecified atom stereocenters. The number of urea groups is 1. The standard InChI is InChI=1S/C21H28N4O3S/c1-2-28-19-8-4-3-7-18(19)25-13-11-24(12-14-25)16-20(26)23-21(27)22-10-9-17-6-5-15-29-17/h3-8,15H,2,9-14,16H2,1H3,(H2,22,23,26,27). The largest absolute Gasteiger partial charge is 0.492 e. The average Bonchev–Trinajstić information content (AvgIpc) is 3.23. The monoisotopic (exact) mass is 416 g/mol. The van der Waals surface area contributed by atoms with Crippen molar-refractivity contribution in [3.63, 3.8) is 0 Å². The molecule has 1 saturated heterocycles. The van der Waals surface area contributed by atoms with Crippen molar-refractivity contribution in [1.82, 2.24) is 15.5 Å². The van der Waals surface area contributed by atoms with Gasteiger partial charge in [0, 0.05) is 37.6 Å². The number of para-hydroxylation sites is 2. The minimum atomic E-state index is -0.434. The summed E-state index contributed by atoms with van der Waals surface area (Å²) in [7, 11) is 0. The highest BCUT2D eigenvalue weighted by atomic mass is 32.1. The molecule has 1 fully saturated rings.